The van der Waals surface area contributed by atoms with Gasteiger partial charge in [-0.3, -0.25) is 4.40 Å². The van der Waals surface area contributed by atoms with E-state index >= 15 is 0 Å². The van der Waals surface area contributed by atoms with Crippen LogP contribution in [-0.2, 0) is 12.8 Å². The predicted octanol–water partition coefficient (Wildman–Crippen LogP) is 3.89. The molecule has 0 unspecified atom stereocenters. The summed E-state index contributed by atoms with van der Waals surface area (Å²) in [5.41, 5.74) is 6.08. The molecular formula is C19H18N2O2. The largest absolute Gasteiger partial charge is 0.476 e. The Morgan fingerprint density at radius 2 is 1.96 bits per heavy atom. The molecule has 1 aliphatic carbocycles. The highest BCUT2D eigenvalue weighted by Crippen LogP contribution is 2.30. The number of hydrogen-bond donors (Lipinski definition) is 1. The lowest BCUT2D eigenvalue weighted by atomic mass is 9.90. The van der Waals surface area contributed by atoms with Crippen LogP contribution < -0.4 is 0 Å². The molecule has 4 rings (SSSR count). The summed E-state index contributed by atoms with van der Waals surface area (Å²) in [5, 5.41) is 9.68. The molecule has 2 aromatic heterocycles. The van der Waals surface area contributed by atoms with Crippen LogP contribution in [0, 0.1) is 6.92 Å². The molecule has 1 aromatic carbocycles. The van der Waals surface area contributed by atoms with Gasteiger partial charge in [0.05, 0.1) is 0 Å². The predicted molar refractivity (Wildman–Crippen MR) is 89.0 cm³/mol. The molecule has 0 atom stereocenters. The molecule has 1 N–H and O–H groups in total. The van der Waals surface area contributed by atoms with Gasteiger partial charge in [-0.2, -0.15) is 0 Å². The molecule has 1 aliphatic rings. The van der Waals surface area contributed by atoms with Gasteiger partial charge in [0.1, 0.15) is 11.3 Å². The zero-order valence-electron chi connectivity index (χ0n) is 13.0. The third-order valence-corrected chi connectivity index (χ3v) is 4.67. The molecule has 0 aliphatic heterocycles. The van der Waals surface area contributed by atoms with Crippen LogP contribution in [0.1, 0.15) is 40.0 Å². The highest BCUT2D eigenvalue weighted by atomic mass is 16.4. The molecule has 0 spiro atoms. The minimum Gasteiger partial charge on any atom is -0.476 e. The Labute approximate surface area is 134 Å². The lowest BCUT2D eigenvalue weighted by molar-refractivity contribution is 0.0690. The quantitative estimate of drug-likeness (QED) is 0.781. The van der Waals surface area contributed by atoms with E-state index in [-0.39, 0.29) is 5.69 Å². The number of carbonyl (C=O) groups is 1. The molecule has 0 saturated heterocycles. The van der Waals surface area contributed by atoms with E-state index in [0.29, 0.717) is 11.3 Å². The standard InChI is InChI=1S/C19H18N2O2/c1-12-5-4-10-21-17(19(22)23)16(20-18(12)21)15-9-8-13-6-2-3-7-14(13)11-15/h4-5,8-11H,2-3,6-7H2,1H3,(H,22,23). The summed E-state index contributed by atoms with van der Waals surface area (Å²) in [6.45, 7) is 1.95. The van der Waals surface area contributed by atoms with E-state index in [2.05, 4.69) is 17.1 Å². The van der Waals surface area contributed by atoms with Crippen molar-refractivity contribution in [1.82, 2.24) is 9.38 Å². The molecule has 0 saturated carbocycles. The normalized spacial score (nSPS) is 14.0. The maximum absolute atomic E-state index is 11.8. The molecule has 0 bridgehead atoms. The van der Waals surface area contributed by atoms with Gasteiger partial charge in [0, 0.05) is 11.8 Å². The fourth-order valence-electron chi connectivity index (χ4n) is 3.49. The topological polar surface area (TPSA) is 54.6 Å². The second-order valence-electron chi connectivity index (χ2n) is 6.19. The second kappa shape index (κ2) is 5.23. The zero-order valence-corrected chi connectivity index (χ0v) is 13.0. The number of benzene rings is 1. The van der Waals surface area contributed by atoms with Gasteiger partial charge in [0.15, 0.2) is 5.69 Å². The van der Waals surface area contributed by atoms with Gasteiger partial charge >= 0.3 is 5.97 Å². The Hall–Kier alpha value is -2.62. The summed E-state index contributed by atoms with van der Waals surface area (Å²) in [6, 6.07) is 10.1. The fraction of sp³-hybridized carbons (Fsp3) is 0.263. The summed E-state index contributed by atoms with van der Waals surface area (Å²) < 4.78 is 1.67. The lowest BCUT2D eigenvalue weighted by Gasteiger charge is -2.16. The third kappa shape index (κ3) is 2.22. The number of hydrogen-bond acceptors (Lipinski definition) is 2. The number of fused-ring (bicyclic) bond motifs is 2. The van der Waals surface area contributed by atoms with E-state index in [4.69, 9.17) is 0 Å². The van der Waals surface area contributed by atoms with Crippen molar-refractivity contribution in [2.75, 3.05) is 0 Å². The Morgan fingerprint density at radius 1 is 1.17 bits per heavy atom. The van der Waals surface area contributed by atoms with E-state index in [1.807, 2.05) is 25.1 Å². The average Bonchev–Trinajstić information content (AvgIpc) is 2.95. The van der Waals surface area contributed by atoms with Crippen molar-refractivity contribution in [3.05, 3.63) is 58.9 Å². The molecule has 116 valence electrons. The van der Waals surface area contributed by atoms with Crippen molar-refractivity contribution in [2.45, 2.75) is 32.6 Å². The van der Waals surface area contributed by atoms with Crippen molar-refractivity contribution >= 4 is 11.6 Å². The van der Waals surface area contributed by atoms with Crippen molar-refractivity contribution in [2.24, 2.45) is 0 Å². The maximum atomic E-state index is 11.8. The monoisotopic (exact) mass is 306 g/mol. The highest BCUT2D eigenvalue weighted by molar-refractivity contribution is 5.95. The number of pyridine rings is 1. The van der Waals surface area contributed by atoms with Gasteiger partial charge in [0.2, 0.25) is 0 Å². The summed E-state index contributed by atoms with van der Waals surface area (Å²) in [4.78, 5) is 16.4. The second-order valence-corrected chi connectivity index (χ2v) is 6.19. The summed E-state index contributed by atoms with van der Waals surface area (Å²) in [5.74, 6) is -0.948. The first-order chi connectivity index (χ1) is 11.1. The van der Waals surface area contributed by atoms with Crippen molar-refractivity contribution in [1.29, 1.82) is 0 Å². The Balaban J connectivity index is 1.96. The molecule has 3 aromatic rings. The molecule has 23 heavy (non-hydrogen) atoms. The van der Waals surface area contributed by atoms with E-state index in [1.165, 1.54) is 24.0 Å². The SMILES string of the molecule is Cc1cccn2c(C(=O)O)c(-c3ccc4c(c3)CCCC4)nc12. The smallest absolute Gasteiger partial charge is 0.355 e. The van der Waals surface area contributed by atoms with Gasteiger partial charge in [-0.15, -0.1) is 0 Å². The maximum Gasteiger partial charge on any atom is 0.355 e. The molecular weight excluding hydrogens is 288 g/mol. The van der Waals surface area contributed by atoms with Gasteiger partial charge < -0.3 is 5.11 Å². The molecule has 0 radical (unpaired) electrons. The molecule has 0 fully saturated rings. The minimum absolute atomic E-state index is 0.236. The van der Waals surface area contributed by atoms with Crippen molar-refractivity contribution in [3.8, 4) is 11.3 Å². The lowest BCUT2D eigenvalue weighted by Crippen LogP contribution is -2.05. The third-order valence-electron chi connectivity index (χ3n) is 4.67. The van der Waals surface area contributed by atoms with E-state index < -0.39 is 5.97 Å². The number of nitrogens with zero attached hydrogens (tertiary/aromatic N) is 2. The summed E-state index contributed by atoms with van der Waals surface area (Å²) in [6.07, 6.45) is 6.39. The minimum atomic E-state index is -0.948. The van der Waals surface area contributed by atoms with Crippen LogP contribution in [0.4, 0.5) is 0 Å². The van der Waals surface area contributed by atoms with Crippen LogP contribution >= 0.6 is 0 Å². The summed E-state index contributed by atoms with van der Waals surface area (Å²) >= 11 is 0. The van der Waals surface area contributed by atoms with Gasteiger partial charge in [-0.1, -0.05) is 18.2 Å². The molecule has 4 heteroatoms. The average molecular weight is 306 g/mol. The van der Waals surface area contributed by atoms with E-state index in [9.17, 15) is 9.90 Å². The number of aryl methyl sites for hydroxylation is 3. The van der Waals surface area contributed by atoms with Crippen LogP contribution in [0.5, 0.6) is 0 Å². The first-order valence-corrected chi connectivity index (χ1v) is 7.98. The number of aromatic carboxylic acids is 1. The van der Waals surface area contributed by atoms with E-state index in [1.54, 1.807) is 10.6 Å². The van der Waals surface area contributed by atoms with Crippen LogP contribution in [-0.4, -0.2) is 20.5 Å². The number of carboxylic acid groups (broad SMARTS) is 1. The van der Waals surface area contributed by atoms with Gasteiger partial charge in [-0.05, 0) is 61.4 Å². The Bertz CT molecular complexity index is 925. The molecule has 0 amide bonds. The van der Waals surface area contributed by atoms with E-state index in [0.717, 1.165) is 24.0 Å². The zero-order chi connectivity index (χ0) is 16.0. The van der Waals surface area contributed by atoms with Crippen molar-refractivity contribution < 1.29 is 9.90 Å². The Morgan fingerprint density at radius 3 is 2.74 bits per heavy atom. The number of carboxylic acids is 1. The first-order valence-electron chi connectivity index (χ1n) is 7.98. The summed E-state index contributed by atoms with van der Waals surface area (Å²) in [7, 11) is 0. The Kier molecular flexibility index (Phi) is 3.18. The fourth-order valence-corrected chi connectivity index (χ4v) is 3.49. The van der Waals surface area contributed by atoms with Crippen LogP contribution in [0.25, 0.3) is 16.9 Å². The van der Waals surface area contributed by atoms with Gasteiger partial charge in [0.25, 0.3) is 0 Å². The highest BCUT2D eigenvalue weighted by Gasteiger charge is 2.21. The molecule has 4 nitrogen and oxygen atoms in total. The number of aromatic nitrogens is 2. The van der Waals surface area contributed by atoms with Crippen molar-refractivity contribution in [3.63, 3.8) is 0 Å². The van der Waals surface area contributed by atoms with Crippen LogP contribution in [0.3, 0.4) is 0 Å². The number of imidazole rings is 1. The van der Waals surface area contributed by atoms with Crippen LogP contribution in [0.2, 0.25) is 0 Å². The molecule has 2 heterocycles. The number of rotatable bonds is 2. The van der Waals surface area contributed by atoms with Crippen LogP contribution in [0.15, 0.2) is 36.5 Å². The van der Waals surface area contributed by atoms with Gasteiger partial charge in [-0.25, -0.2) is 9.78 Å². The first kappa shape index (κ1) is 14.0.